The van der Waals surface area contributed by atoms with E-state index in [1.165, 1.54) is 0 Å². The summed E-state index contributed by atoms with van der Waals surface area (Å²) in [6, 6.07) is 0. The van der Waals surface area contributed by atoms with Gasteiger partial charge in [-0.3, -0.25) is 0 Å². The Kier molecular flexibility index (Phi) is 7080. The fourth-order valence-corrected chi connectivity index (χ4v) is 0. The van der Waals surface area contributed by atoms with Crippen LogP contribution >= 0.6 is 0 Å². The van der Waals surface area contributed by atoms with E-state index in [1.54, 1.807) is 0 Å². The number of halogens is 3. The molecule has 0 heterocycles. The van der Waals surface area contributed by atoms with Gasteiger partial charge in [0.15, 0.2) is 0 Å². The third-order valence-electron chi connectivity index (χ3n) is 0. The normalized spacial score (nSPS) is 0. The molecule has 0 amide bonds. The van der Waals surface area contributed by atoms with Gasteiger partial charge in [-0.1, -0.05) is 0 Å². The molecule has 0 aromatic rings. The molecular formula is H9Cl3CoN3. The predicted molar refractivity (Wildman–Crippen MR) is 15.1 cm³/mol. The Hall–Kier alpha value is 1.26. The van der Waals surface area contributed by atoms with Crippen molar-refractivity contribution in [3.8, 4) is 0 Å². The first kappa shape index (κ1) is 275. The molecule has 0 spiro atoms. The first-order chi connectivity index (χ1) is 0. The van der Waals surface area contributed by atoms with Crippen molar-refractivity contribution in [2.45, 2.75) is 0 Å². The zero-order valence-corrected chi connectivity index (χ0v) is 6.90. The van der Waals surface area contributed by atoms with E-state index in [4.69, 9.17) is 0 Å². The quantitative estimate of drug-likeness (QED) is 0.374. The molecule has 54 valence electrons. The van der Waals surface area contributed by atoms with Crippen LogP contribution in [-0.2, 0) is 16.8 Å². The summed E-state index contributed by atoms with van der Waals surface area (Å²) in [4.78, 5) is 0. The van der Waals surface area contributed by atoms with E-state index < -0.39 is 0 Å². The molecule has 0 atom stereocenters. The summed E-state index contributed by atoms with van der Waals surface area (Å²) in [6.45, 7) is 0. The molecule has 0 aliphatic carbocycles. The van der Waals surface area contributed by atoms with Gasteiger partial charge in [-0.25, -0.2) is 0 Å². The summed E-state index contributed by atoms with van der Waals surface area (Å²) in [7, 11) is 0. The van der Waals surface area contributed by atoms with Crippen LogP contribution in [0.1, 0.15) is 0 Å². The molecule has 0 aliphatic heterocycles. The summed E-state index contributed by atoms with van der Waals surface area (Å²) in [5.74, 6) is 0. The van der Waals surface area contributed by atoms with Crippen molar-refractivity contribution >= 4 is 0 Å². The third-order valence-corrected chi connectivity index (χ3v) is 0. The zero-order chi connectivity index (χ0) is 0. The Morgan fingerprint density at radius 3 is 0.429 bits per heavy atom. The van der Waals surface area contributed by atoms with Crippen molar-refractivity contribution in [1.29, 1.82) is 0 Å². The minimum Gasteiger partial charge on any atom is -1.00 e. The number of hydrogen-bond donors (Lipinski definition) is 3. The maximum Gasteiger partial charge on any atom is 3.00 e. The van der Waals surface area contributed by atoms with Crippen LogP contribution in [0.25, 0.3) is 0 Å². The van der Waals surface area contributed by atoms with Gasteiger partial charge in [-0.2, -0.15) is 0 Å². The molecule has 0 aromatic heterocycles. The molecule has 9 N–H and O–H groups in total. The Bertz CT molecular complexity index is 10.1. The molecule has 0 bridgehead atoms. The van der Waals surface area contributed by atoms with E-state index in [2.05, 4.69) is 0 Å². The molecule has 0 aromatic carbocycles. The van der Waals surface area contributed by atoms with Gasteiger partial charge in [0.1, 0.15) is 0 Å². The topological polar surface area (TPSA) is 105 Å². The SMILES string of the molecule is N.N.N.[Cl-].[Cl-].[Cl-].[Co+3]. The molecule has 0 saturated heterocycles. The van der Waals surface area contributed by atoms with Crippen molar-refractivity contribution in [3.05, 3.63) is 0 Å². The Labute approximate surface area is 72.6 Å². The Balaban J connectivity index is 0. The van der Waals surface area contributed by atoms with Gasteiger partial charge in [0, 0.05) is 0 Å². The first-order valence-electron chi connectivity index (χ1n) is 0. The molecule has 0 fully saturated rings. The van der Waals surface area contributed by atoms with Crippen LogP contribution in [0.15, 0.2) is 0 Å². The Morgan fingerprint density at radius 2 is 0.429 bits per heavy atom. The molecule has 0 rings (SSSR count). The summed E-state index contributed by atoms with van der Waals surface area (Å²) in [6.07, 6.45) is 0. The van der Waals surface area contributed by atoms with E-state index >= 15 is 0 Å². The first-order valence-corrected chi connectivity index (χ1v) is 0. The van der Waals surface area contributed by atoms with Crippen molar-refractivity contribution < 1.29 is 54.0 Å². The summed E-state index contributed by atoms with van der Waals surface area (Å²) < 4.78 is 0. The van der Waals surface area contributed by atoms with Crippen LogP contribution in [0.5, 0.6) is 0 Å². The van der Waals surface area contributed by atoms with Gasteiger partial charge in [-0.05, 0) is 0 Å². The van der Waals surface area contributed by atoms with Crippen molar-refractivity contribution in [3.63, 3.8) is 0 Å². The minimum atomic E-state index is 0. The second-order valence-corrected chi connectivity index (χ2v) is 0. The maximum atomic E-state index is 0. The zero-order valence-electron chi connectivity index (χ0n) is 3.59. The van der Waals surface area contributed by atoms with Gasteiger partial charge >= 0.3 is 16.8 Å². The number of rotatable bonds is 0. The monoisotopic (exact) mass is 215 g/mol. The molecule has 0 saturated carbocycles. The molecule has 0 unspecified atom stereocenters. The molecule has 0 radical (unpaired) electrons. The average Bonchev–Trinajstić information content (AvgIpc) is 0. The fraction of sp³-hybridized carbons (Fsp3) is 0. The van der Waals surface area contributed by atoms with E-state index in [9.17, 15) is 0 Å². The third kappa shape index (κ3) is 127. The minimum absolute atomic E-state index is 0. The van der Waals surface area contributed by atoms with Gasteiger partial charge in [0.05, 0.1) is 0 Å². The van der Waals surface area contributed by atoms with Gasteiger partial charge in [0.2, 0.25) is 0 Å². The van der Waals surface area contributed by atoms with Crippen LogP contribution in [-0.4, -0.2) is 0 Å². The molecule has 7 heteroatoms. The second kappa shape index (κ2) is 180. The molecule has 3 nitrogen and oxygen atoms in total. The van der Waals surface area contributed by atoms with E-state index in [0.717, 1.165) is 0 Å². The van der Waals surface area contributed by atoms with Crippen LogP contribution in [0.4, 0.5) is 0 Å². The van der Waals surface area contributed by atoms with Crippen LogP contribution in [0.3, 0.4) is 0 Å². The smallest absolute Gasteiger partial charge is 1.00 e. The summed E-state index contributed by atoms with van der Waals surface area (Å²) >= 11 is 0. The fourth-order valence-electron chi connectivity index (χ4n) is 0. The van der Waals surface area contributed by atoms with Crippen molar-refractivity contribution in [2.24, 2.45) is 0 Å². The molecule has 0 aliphatic rings. The van der Waals surface area contributed by atoms with E-state index in [-0.39, 0.29) is 72.5 Å². The van der Waals surface area contributed by atoms with Crippen molar-refractivity contribution in [1.82, 2.24) is 18.5 Å². The van der Waals surface area contributed by atoms with Gasteiger partial charge in [-0.15, -0.1) is 0 Å². The van der Waals surface area contributed by atoms with E-state index in [1.807, 2.05) is 0 Å². The van der Waals surface area contributed by atoms with Gasteiger partial charge < -0.3 is 55.7 Å². The van der Waals surface area contributed by atoms with Crippen LogP contribution in [0.2, 0.25) is 0 Å². The largest absolute Gasteiger partial charge is 3.00 e. The second-order valence-electron chi connectivity index (χ2n) is 0. The van der Waals surface area contributed by atoms with E-state index in [0.29, 0.717) is 0 Å². The molecule has 7 heavy (non-hydrogen) atoms. The summed E-state index contributed by atoms with van der Waals surface area (Å²) in [5, 5.41) is 0. The van der Waals surface area contributed by atoms with Crippen LogP contribution < -0.4 is 55.7 Å². The average molecular weight is 216 g/mol. The van der Waals surface area contributed by atoms with Crippen molar-refractivity contribution in [2.75, 3.05) is 0 Å². The predicted octanol–water partition coefficient (Wildman–Crippen LogP) is -8.50. The molecular weight excluding hydrogens is 207 g/mol. The standard InChI is InChI=1S/3ClH.Co.3H3N/h3*1H;;3*1H3/q;;;+3;;;/p-3. The van der Waals surface area contributed by atoms with Crippen LogP contribution in [0, 0.1) is 0 Å². The summed E-state index contributed by atoms with van der Waals surface area (Å²) in [5.41, 5.74) is 0. The number of hydrogen-bond acceptors (Lipinski definition) is 3. The maximum absolute atomic E-state index is 0. The van der Waals surface area contributed by atoms with Gasteiger partial charge in [0.25, 0.3) is 0 Å². The Morgan fingerprint density at radius 1 is 0.429 bits per heavy atom.